The number of hydrogen-bond acceptors (Lipinski definition) is 11. The fourth-order valence-corrected chi connectivity index (χ4v) is 6.24. The molecule has 33 heavy (non-hydrogen) atoms. The van der Waals surface area contributed by atoms with Crippen LogP contribution in [-0.2, 0) is 31.6 Å². The van der Waals surface area contributed by atoms with Crippen LogP contribution in [0.1, 0.15) is 13.2 Å². The van der Waals surface area contributed by atoms with Gasteiger partial charge in [0, 0.05) is 0 Å². The molecule has 0 aromatic carbocycles. The summed E-state index contributed by atoms with van der Waals surface area (Å²) >= 11 is 6.28. The van der Waals surface area contributed by atoms with Crippen LogP contribution in [0.25, 0.3) is 11.2 Å². The minimum atomic E-state index is -5.75. The number of rotatable bonds is 8. The van der Waals surface area contributed by atoms with Crippen molar-refractivity contribution in [1.82, 2.24) is 19.5 Å². The molecule has 22 heteroatoms. The molecule has 1 aliphatic rings. The molecule has 1 fully saturated rings. The lowest BCUT2D eigenvalue weighted by Gasteiger charge is -2.25. The Kier molecular flexibility index (Phi) is 6.99. The lowest BCUT2D eigenvalue weighted by molar-refractivity contribution is -0.0344. The molecule has 0 spiro atoms. The molecule has 17 nitrogen and oxygen atoms in total. The van der Waals surface area contributed by atoms with Crippen molar-refractivity contribution in [2.45, 2.75) is 30.3 Å². The van der Waals surface area contributed by atoms with Crippen LogP contribution in [-0.4, -0.2) is 62.8 Å². The zero-order chi connectivity index (χ0) is 25.0. The van der Waals surface area contributed by atoms with E-state index in [1.165, 1.54) is 6.92 Å². The van der Waals surface area contributed by atoms with Crippen molar-refractivity contribution >= 4 is 52.2 Å². The monoisotopic (exact) mass is 557 g/mol. The molecule has 2 aromatic heterocycles. The summed E-state index contributed by atoms with van der Waals surface area (Å²) in [6.45, 7) is 0.129. The Morgan fingerprint density at radius 1 is 1.30 bits per heavy atom. The van der Waals surface area contributed by atoms with Crippen LogP contribution in [0, 0.1) is 0 Å². The van der Waals surface area contributed by atoms with E-state index in [-0.39, 0.29) is 17.1 Å². The van der Waals surface area contributed by atoms with Gasteiger partial charge >= 0.3 is 23.5 Å². The number of aromatic amines is 1. The zero-order valence-electron chi connectivity index (χ0n) is 16.1. The summed E-state index contributed by atoms with van der Waals surface area (Å²) in [5.41, 5.74) is 4.56. The zero-order valence-corrected chi connectivity index (χ0v) is 19.5. The Balaban J connectivity index is 1.78. The number of aromatic nitrogens is 4. The molecule has 6 atom stereocenters. The van der Waals surface area contributed by atoms with Gasteiger partial charge in [-0.2, -0.15) is 13.6 Å². The van der Waals surface area contributed by atoms with Gasteiger partial charge in [0.05, 0.1) is 12.9 Å². The number of nitrogens with one attached hydrogen (secondary N) is 1. The summed E-state index contributed by atoms with van der Waals surface area (Å²) in [5.74, 6) is -0.274. The average Bonchev–Trinajstić information content (AvgIpc) is 3.10. The van der Waals surface area contributed by atoms with Gasteiger partial charge in [0.15, 0.2) is 23.6 Å². The molecule has 1 aliphatic heterocycles. The number of nitrogens with zero attached hydrogens (tertiary/aromatic N) is 3. The maximum Gasteiger partial charge on any atom is 0.490 e. The summed E-state index contributed by atoms with van der Waals surface area (Å²) in [6.07, 6.45) is -4.07. The highest BCUT2D eigenvalue weighted by molar-refractivity contribution is 7.66. The number of hydrogen-bond donors (Lipinski definition) is 6. The quantitative estimate of drug-likeness (QED) is 0.188. The fourth-order valence-electron chi connectivity index (χ4n) is 2.91. The number of imidazole rings is 1. The Labute approximate surface area is 187 Å². The number of halogens is 2. The van der Waals surface area contributed by atoms with Gasteiger partial charge < -0.3 is 30.0 Å². The van der Waals surface area contributed by atoms with Gasteiger partial charge in [0.25, 0.3) is 5.56 Å². The molecular weight excluding hydrogens is 542 g/mol. The molecule has 3 heterocycles. The molecule has 186 valence electrons. The predicted octanol–water partition coefficient (Wildman–Crippen LogP) is 0.278. The topological polar surface area (TPSA) is 259 Å². The molecule has 7 N–H and O–H groups in total. The summed E-state index contributed by atoms with van der Waals surface area (Å²) < 4.78 is 66.9. The van der Waals surface area contributed by atoms with E-state index in [0.29, 0.717) is 0 Å². The first-order valence-electron chi connectivity index (χ1n) is 8.41. The second-order valence-electron chi connectivity index (χ2n) is 6.74. The predicted molar refractivity (Wildman–Crippen MR) is 105 cm³/mol. The number of nitrogens with two attached hydrogens (primary N) is 1. The molecule has 2 aromatic rings. The standard InChI is InChI=1S/C11H16ClFN5O12P3/c1-11(12)6(13)4(2-27-32(23,24)30-33(25,26)29-31(20,21)22)28-9(11)18-3-15-5-7(18)16-10(14)17-8(5)19/h3-4,6,9H,2H2,1H3,(H,23,24)(H,25,26)(H2,20,21,22)(H3,14,16,17,19)/t4-,6-,9-,11-/m1/s1. The van der Waals surface area contributed by atoms with Crippen molar-refractivity contribution in [3.05, 3.63) is 16.7 Å². The van der Waals surface area contributed by atoms with E-state index >= 15 is 0 Å². The van der Waals surface area contributed by atoms with E-state index in [4.69, 9.17) is 36.8 Å². The Morgan fingerprint density at radius 3 is 2.55 bits per heavy atom. The van der Waals surface area contributed by atoms with Crippen LogP contribution >= 0.6 is 35.1 Å². The van der Waals surface area contributed by atoms with Crippen molar-refractivity contribution in [3.63, 3.8) is 0 Å². The van der Waals surface area contributed by atoms with Crippen molar-refractivity contribution in [1.29, 1.82) is 0 Å². The maximum absolute atomic E-state index is 15.0. The first kappa shape index (κ1) is 26.3. The molecule has 0 bridgehead atoms. The lowest BCUT2D eigenvalue weighted by Crippen LogP contribution is -2.36. The van der Waals surface area contributed by atoms with E-state index in [2.05, 4.69) is 28.1 Å². The molecule has 0 aliphatic carbocycles. The van der Waals surface area contributed by atoms with Crippen LogP contribution in [0.4, 0.5) is 10.3 Å². The van der Waals surface area contributed by atoms with Crippen LogP contribution in [0.15, 0.2) is 11.1 Å². The van der Waals surface area contributed by atoms with E-state index in [9.17, 15) is 27.8 Å². The van der Waals surface area contributed by atoms with Gasteiger partial charge in [-0.1, -0.05) is 0 Å². The highest BCUT2D eigenvalue weighted by Gasteiger charge is 2.55. The van der Waals surface area contributed by atoms with E-state index in [1.807, 2.05) is 0 Å². The molecular formula is C11H16ClFN5O12P3. The van der Waals surface area contributed by atoms with Gasteiger partial charge in [-0.25, -0.2) is 23.1 Å². The van der Waals surface area contributed by atoms with E-state index in [1.54, 1.807) is 0 Å². The van der Waals surface area contributed by atoms with Crippen molar-refractivity contribution in [2.24, 2.45) is 0 Å². The fraction of sp³-hybridized carbons (Fsp3) is 0.545. The SMILES string of the molecule is C[C@@]1(Cl)[C@H](F)[C@@H](COP(=O)(O)OP(=O)(O)OP(=O)(O)O)O[C@H]1n1cnc2c(=O)[nH]c(N)nc21. The third-order valence-electron chi connectivity index (χ3n) is 4.17. The molecule has 3 rings (SSSR count). The summed E-state index contributed by atoms with van der Waals surface area (Å²) in [7, 11) is -16.9. The van der Waals surface area contributed by atoms with Gasteiger partial charge in [0.1, 0.15) is 11.0 Å². The van der Waals surface area contributed by atoms with Crippen molar-refractivity contribution in [2.75, 3.05) is 12.3 Å². The average molecular weight is 558 g/mol. The number of anilines is 1. The Morgan fingerprint density at radius 2 is 1.94 bits per heavy atom. The van der Waals surface area contributed by atoms with Crippen molar-refractivity contribution in [3.8, 4) is 0 Å². The van der Waals surface area contributed by atoms with Gasteiger partial charge in [0.2, 0.25) is 5.95 Å². The van der Waals surface area contributed by atoms with E-state index in [0.717, 1.165) is 10.9 Å². The summed E-state index contributed by atoms with van der Waals surface area (Å²) in [6, 6.07) is 0. The number of alkyl halides is 2. The van der Waals surface area contributed by atoms with Crippen LogP contribution in [0.2, 0.25) is 0 Å². The normalized spacial score (nSPS) is 29.7. The Bertz CT molecular complexity index is 1260. The third-order valence-corrected chi connectivity index (χ3v) is 8.37. The number of H-pyrrole nitrogens is 1. The molecule has 1 saturated heterocycles. The Hall–Kier alpha value is -1.26. The number of nitrogen functional groups attached to an aromatic ring is 1. The van der Waals surface area contributed by atoms with Gasteiger partial charge in [-0.15, -0.1) is 11.6 Å². The highest BCUT2D eigenvalue weighted by atomic mass is 35.5. The molecule has 0 saturated carbocycles. The van der Waals surface area contributed by atoms with Crippen LogP contribution in [0.5, 0.6) is 0 Å². The molecule has 0 radical (unpaired) electrons. The maximum atomic E-state index is 15.0. The summed E-state index contributed by atoms with van der Waals surface area (Å²) in [5, 5.41) is 0. The van der Waals surface area contributed by atoms with Crippen molar-refractivity contribution < 1.29 is 55.5 Å². The van der Waals surface area contributed by atoms with Crippen LogP contribution in [0.3, 0.4) is 0 Å². The number of ether oxygens (including phenoxy) is 1. The number of fused-ring (bicyclic) bond motifs is 1. The van der Waals surface area contributed by atoms with Gasteiger partial charge in [-0.3, -0.25) is 18.9 Å². The third kappa shape index (κ3) is 5.88. The first-order chi connectivity index (χ1) is 14.9. The minimum absolute atomic E-state index is 0.103. The smallest absolute Gasteiger partial charge is 0.369 e. The number of phosphoric ester groups is 1. The van der Waals surface area contributed by atoms with E-state index < -0.39 is 59.0 Å². The second kappa shape index (κ2) is 8.75. The minimum Gasteiger partial charge on any atom is -0.369 e. The second-order valence-corrected chi connectivity index (χ2v) is 12.0. The summed E-state index contributed by atoms with van der Waals surface area (Å²) in [4.78, 5) is 55.7. The molecule has 0 amide bonds. The van der Waals surface area contributed by atoms with Gasteiger partial charge in [-0.05, 0) is 6.92 Å². The first-order valence-corrected chi connectivity index (χ1v) is 13.3. The van der Waals surface area contributed by atoms with Crippen LogP contribution < -0.4 is 11.3 Å². The largest absolute Gasteiger partial charge is 0.490 e. The number of phosphoric acid groups is 3. The molecule has 2 unspecified atom stereocenters. The highest BCUT2D eigenvalue weighted by Crippen LogP contribution is 2.66. The lowest BCUT2D eigenvalue weighted by atomic mass is 10.0.